The van der Waals surface area contributed by atoms with Crippen molar-refractivity contribution < 1.29 is 4.74 Å². The van der Waals surface area contributed by atoms with Crippen LogP contribution in [0.15, 0.2) is 47.9 Å². The van der Waals surface area contributed by atoms with Crippen LogP contribution < -0.4 is 4.74 Å². The number of ether oxygens (including phenoxy) is 1. The summed E-state index contributed by atoms with van der Waals surface area (Å²) < 4.78 is 9.47. The Kier molecular flexibility index (Phi) is 4.73. The number of imidazole rings is 1. The Balaban J connectivity index is 1.47. The monoisotopic (exact) mass is 402 g/mol. The number of benzene rings is 1. The molecule has 1 aliphatic heterocycles. The van der Waals surface area contributed by atoms with Crippen LogP contribution in [-0.2, 0) is 7.05 Å². The summed E-state index contributed by atoms with van der Waals surface area (Å²) >= 11 is 0. The van der Waals surface area contributed by atoms with E-state index in [-0.39, 0.29) is 6.04 Å². The molecule has 0 saturated heterocycles. The van der Waals surface area contributed by atoms with Gasteiger partial charge in [-0.25, -0.2) is 9.97 Å². The molecule has 7 nitrogen and oxygen atoms in total. The largest absolute Gasteiger partial charge is 0.495 e. The molecule has 0 saturated carbocycles. The minimum absolute atomic E-state index is 0.0698. The summed E-state index contributed by atoms with van der Waals surface area (Å²) in [7, 11) is 3.63. The average molecular weight is 403 g/mol. The number of hydrogen-bond donors (Lipinski definition) is 0. The summed E-state index contributed by atoms with van der Waals surface area (Å²) in [5.74, 6) is 2.98. The minimum Gasteiger partial charge on any atom is -0.495 e. The molecule has 1 aromatic carbocycles. The van der Waals surface area contributed by atoms with E-state index in [4.69, 9.17) is 14.7 Å². The first-order chi connectivity index (χ1) is 14.6. The van der Waals surface area contributed by atoms with Crippen molar-refractivity contribution >= 4 is 5.71 Å². The minimum atomic E-state index is 0.0698. The molecule has 7 heteroatoms. The molecule has 0 N–H and O–H groups in total. The fourth-order valence-electron chi connectivity index (χ4n) is 4.41. The van der Waals surface area contributed by atoms with Gasteiger partial charge in [0.2, 0.25) is 0 Å². The number of allylic oxidation sites excluding steroid dienone is 2. The molecule has 30 heavy (non-hydrogen) atoms. The molecule has 0 spiro atoms. The lowest BCUT2D eigenvalue weighted by Crippen LogP contribution is -2.23. The van der Waals surface area contributed by atoms with Crippen molar-refractivity contribution in [1.29, 1.82) is 0 Å². The Hall–Kier alpha value is -3.22. The van der Waals surface area contributed by atoms with Crippen LogP contribution in [0, 0.1) is 12.8 Å². The number of aromatic nitrogens is 5. The molecule has 0 fully saturated rings. The molecule has 0 radical (unpaired) electrons. The highest BCUT2D eigenvalue weighted by molar-refractivity contribution is 5.98. The van der Waals surface area contributed by atoms with Gasteiger partial charge in [-0.05, 0) is 56.9 Å². The van der Waals surface area contributed by atoms with Crippen LogP contribution in [-0.4, -0.2) is 37.1 Å². The lowest BCUT2D eigenvalue weighted by molar-refractivity contribution is 0.413. The second-order valence-electron chi connectivity index (χ2n) is 8.05. The first-order valence-corrected chi connectivity index (χ1v) is 10.5. The smallest absolute Gasteiger partial charge is 0.181 e. The molecule has 2 atom stereocenters. The van der Waals surface area contributed by atoms with Crippen LogP contribution in [0.3, 0.4) is 0 Å². The van der Waals surface area contributed by atoms with Gasteiger partial charge in [0.15, 0.2) is 11.6 Å². The van der Waals surface area contributed by atoms with Gasteiger partial charge in [0.05, 0.1) is 24.8 Å². The first-order valence-electron chi connectivity index (χ1n) is 10.5. The molecule has 3 aromatic rings. The van der Waals surface area contributed by atoms with E-state index >= 15 is 0 Å². The Bertz CT molecular complexity index is 1140. The molecule has 2 aromatic heterocycles. The van der Waals surface area contributed by atoms with Crippen LogP contribution >= 0.6 is 0 Å². The zero-order chi connectivity index (χ0) is 20.7. The fourth-order valence-corrected chi connectivity index (χ4v) is 4.41. The Morgan fingerprint density at radius 2 is 2.07 bits per heavy atom. The van der Waals surface area contributed by atoms with E-state index in [1.807, 2.05) is 47.6 Å². The summed E-state index contributed by atoms with van der Waals surface area (Å²) in [5.41, 5.74) is 4.05. The van der Waals surface area contributed by atoms with E-state index < -0.39 is 0 Å². The zero-order valence-electron chi connectivity index (χ0n) is 17.6. The highest BCUT2D eigenvalue weighted by atomic mass is 16.5. The maximum atomic E-state index is 5.64. The summed E-state index contributed by atoms with van der Waals surface area (Å²) in [6, 6.07) is 6.10. The topological polar surface area (TPSA) is 70.1 Å². The quantitative estimate of drug-likeness (QED) is 0.655. The molecule has 3 heterocycles. The highest BCUT2D eigenvalue weighted by Gasteiger charge is 2.28. The van der Waals surface area contributed by atoms with Crippen LogP contribution in [0.2, 0.25) is 0 Å². The third-order valence-corrected chi connectivity index (χ3v) is 6.00. The summed E-state index contributed by atoms with van der Waals surface area (Å²) in [6.07, 6.45) is 12.8. The van der Waals surface area contributed by atoms with E-state index in [0.29, 0.717) is 11.7 Å². The van der Waals surface area contributed by atoms with Gasteiger partial charge >= 0.3 is 0 Å². The summed E-state index contributed by atoms with van der Waals surface area (Å²) in [5, 5.41) is 4.69. The SMILES string of the molecule is COc1cc(-c2nc(C3CCC4CCC=CC4=N3)n(C)n2)ccc1-n1cnc(C)c1. The van der Waals surface area contributed by atoms with Crippen LogP contribution in [0.25, 0.3) is 17.1 Å². The predicted octanol–water partition coefficient (Wildman–Crippen LogP) is 4.23. The average Bonchev–Trinajstić information content (AvgIpc) is 3.38. The van der Waals surface area contributed by atoms with Gasteiger partial charge in [-0.2, -0.15) is 5.10 Å². The second-order valence-corrected chi connectivity index (χ2v) is 8.05. The van der Waals surface area contributed by atoms with Gasteiger partial charge < -0.3 is 9.30 Å². The third kappa shape index (κ3) is 3.34. The number of nitrogens with zero attached hydrogens (tertiary/aromatic N) is 6. The Morgan fingerprint density at radius 1 is 1.17 bits per heavy atom. The number of methoxy groups -OCH3 is 1. The van der Waals surface area contributed by atoms with E-state index in [2.05, 4.69) is 22.2 Å². The van der Waals surface area contributed by atoms with Crippen LogP contribution in [0.1, 0.15) is 43.2 Å². The molecule has 0 bridgehead atoms. The van der Waals surface area contributed by atoms with E-state index in [1.165, 1.54) is 25.0 Å². The molecule has 2 aliphatic rings. The first kappa shape index (κ1) is 18.8. The van der Waals surface area contributed by atoms with Crippen molar-refractivity contribution in [3.8, 4) is 22.8 Å². The molecular formula is C23H26N6O. The Labute approximate surface area is 176 Å². The normalized spacial score (nSPS) is 20.7. The highest BCUT2D eigenvalue weighted by Crippen LogP contribution is 2.35. The predicted molar refractivity (Wildman–Crippen MR) is 116 cm³/mol. The third-order valence-electron chi connectivity index (χ3n) is 6.00. The molecule has 0 amide bonds. The van der Waals surface area contributed by atoms with Gasteiger partial charge in [-0.15, -0.1) is 0 Å². The Morgan fingerprint density at radius 3 is 2.87 bits per heavy atom. The van der Waals surface area contributed by atoms with Gasteiger partial charge in [0.25, 0.3) is 0 Å². The molecule has 2 unspecified atom stereocenters. The maximum absolute atomic E-state index is 5.64. The van der Waals surface area contributed by atoms with Crippen LogP contribution in [0.4, 0.5) is 0 Å². The van der Waals surface area contributed by atoms with Crippen molar-refractivity contribution in [2.75, 3.05) is 7.11 Å². The second kappa shape index (κ2) is 7.55. The molecule has 1 aliphatic carbocycles. The van der Waals surface area contributed by atoms with Gasteiger partial charge in [-0.3, -0.25) is 9.67 Å². The number of rotatable bonds is 4. The molecular weight excluding hydrogens is 376 g/mol. The zero-order valence-corrected chi connectivity index (χ0v) is 17.6. The van der Waals surface area contributed by atoms with E-state index in [1.54, 1.807) is 13.4 Å². The number of aliphatic imine (C=N–C) groups is 1. The standard InChI is InChI=1S/C23H26N6O/c1-15-13-29(14-24-15)20-11-9-17(12-21(20)30-3)22-26-23(28(2)27-22)19-10-8-16-6-4-5-7-18(16)25-19/h5,7,9,11-14,16,19H,4,6,8,10H2,1-3H3. The lowest BCUT2D eigenvalue weighted by Gasteiger charge is -2.27. The number of fused-ring (bicyclic) bond motifs is 1. The van der Waals surface area contributed by atoms with Crippen molar-refractivity contribution in [2.24, 2.45) is 18.0 Å². The van der Waals surface area contributed by atoms with E-state index in [9.17, 15) is 0 Å². The van der Waals surface area contributed by atoms with Crippen molar-refractivity contribution in [3.05, 3.63) is 54.4 Å². The van der Waals surface area contributed by atoms with Crippen molar-refractivity contribution in [1.82, 2.24) is 24.3 Å². The van der Waals surface area contributed by atoms with Gasteiger partial charge in [0.1, 0.15) is 11.8 Å². The summed E-state index contributed by atoms with van der Waals surface area (Å²) in [4.78, 5) is 14.2. The number of hydrogen-bond acceptors (Lipinski definition) is 5. The van der Waals surface area contributed by atoms with Gasteiger partial charge in [0, 0.05) is 30.4 Å². The van der Waals surface area contributed by atoms with Crippen molar-refractivity contribution in [2.45, 2.75) is 38.6 Å². The number of aryl methyl sites for hydroxylation is 2. The van der Waals surface area contributed by atoms with E-state index in [0.717, 1.165) is 34.9 Å². The van der Waals surface area contributed by atoms with Crippen LogP contribution in [0.5, 0.6) is 5.75 Å². The summed E-state index contributed by atoms with van der Waals surface area (Å²) in [6.45, 7) is 1.97. The van der Waals surface area contributed by atoms with Gasteiger partial charge in [-0.1, -0.05) is 6.08 Å². The maximum Gasteiger partial charge on any atom is 0.181 e. The lowest BCUT2D eigenvalue weighted by atomic mass is 9.84. The van der Waals surface area contributed by atoms with Crippen molar-refractivity contribution in [3.63, 3.8) is 0 Å². The molecule has 154 valence electrons. The molecule has 5 rings (SSSR count). The fraction of sp³-hybridized carbons (Fsp3) is 0.391.